The van der Waals surface area contributed by atoms with Crippen LogP contribution in [0.25, 0.3) is 22.1 Å². The van der Waals surface area contributed by atoms with Gasteiger partial charge >= 0.3 is 0 Å². The molecule has 0 saturated carbocycles. The third-order valence-corrected chi connectivity index (χ3v) is 4.58. The predicted molar refractivity (Wildman–Crippen MR) is 101 cm³/mol. The van der Waals surface area contributed by atoms with Crippen molar-refractivity contribution < 1.29 is 4.79 Å². The van der Waals surface area contributed by atoms with Gasteiger partial charge in [0.25, 0.3) is 0 Å². The summed E-state index contributed by atoms with van der Waals surface area (Å²) in [5.74, 6) is 0.722. The summed E-state index contributed by atoms with van der Waals surface area (Å²) in [6, 6.07) is 9.83. The number of carbonyl (C=O) groups is 1. The molecule has 0 aliphatic heterocycles. The van der Waals surface area contributed by atoms with E-state index in [2.05, 4.69) is 36.2 Å². The number of aryl methyl sites for hydroxylation is 2. The number of amides is 1. The summed E-state index contributed by atoms with van der Waals surface area (Å²) in [6.07, 6.45) is 4.58. The van der Waals surface area contributed by atoms with Gasteiger partial charge in [-0.05, 0) is 40.2 Å². The maximum Gasteiger partial charge on any atom is 0.224 e. The number of nitrogens with one attached hydrogen (secondary N) is 2. The van der Waals surface area contributed by atoms with Crippen LogP contribution in [0.5, 0.6) is 0 Å². The highest BCUT2D eigenvalue weighted by Gasteiger charge is 2.10. The van der Waals surface area contributed by atoms with Gasteiger partial charge in [0.2, 0.25) is 5.91 Å². The molecule has 0 radical (unpaired) electrons. The molecular weight excluding hydrogens is 382 g/mol. The van der Waals surface area contributed by atoms with E-state index in [4.69, 9.17) is 0 Å². The normalized spacial score (nSPS) is 11.3. The Labute approximate surface area is 152 Å². The van der Waals surface area contributed by atoms with E-state index in [0.29, 0.717) is 18.5 Å². The van der Waals surface area contributed by atoms with Crippen molar-refractivity contribution in [1.29, 1.82) is 0 Å². The lowest BCUT2D eigenvalue weighted by Crippen LogP contribution is -2.12. The van der Waals surface area contributed by atoms with Gasteiger partial charge < -0.3 is 14.9 Å². The number of carbonyl (C=O) groups excluding carboxylic acids is 1. The highest BCUT2D eigenvalue weighted by Crippen LogP contribution is 2.24. The molecule has 6 nitrogen and oxygen atoms in total. The minimum atomic E-state index is -0.0362. The van der Waals surface area contributed by atoms with Crippen LogP contribution in [0, 0.1) is 0 Å². The first kappa shape index (κ1) is 15.8. The number of imidazole rings is 1. The Hall–Kier alpha value is -2.67. The number of aromatic nitrogens is 4. The number of pyridine rings is 1. The molecule has 126 valence electrons. The Morgan fingerprint density at radius 1 is 1.36 bits per heavy atom. The van der Waals surface area contributed by atoms with Crippen molar-refractivity contribution in [2.75, 3.05) is 5.32 Å². The molecule has 2 N–H and O–H groups in total. The first-order valence-corrected chi connectivity index (χ1v) is 8.73. The van der Waals surface area contributed by atoms with Gasteiger partial charge in [-0.15, -0.1) is 0 Å². The molecule has 4 rings (SSSR count). The van der Waals surface area contributed by atoms with Crippen molar-refractivity contribution in [3.63, 3.8) is 0 Å². The topological polar surface area (TPSA) is 75.6 Å². The van der Waals surface area contributed by atoms with Crippen LogP contribution < -0.4 is 5.32 Å². The van der Waals surface area contributed by atoms with Crippen LogP contribution in [0.15, 0.2) is 47.2 Å². The van der Waals surface area contributed by atoms with Crippen LogP contribution >= 0.6 is 15.9 Å². The number of hydrogen-bond donors (Lipinski definition) is 2. The fraction of sp³-hybridized carbons (Fsp3) is 0.167. The summed E-state index contributed by atoms with van der Waals surface area (Å²) < 4.78 is 2.92. The lowest BCUT2D eigenvalue weighted by molar-refractivity contribution is -0.116. The molecule has 7 heteroatoms. The smallest absolute Gasteiger partial charge is 0.224 e. The van der Waals surface area contributed by atoms with Crippen molar-refractivity contribution in [2.45, 2.75) is 12.8 Å². The van der Waals surface area contributed by atoms with E-state index in [1.165, 1.54) is 0 Å². The number of rotatable bonds is 4. The minimum absolute atomic E-state index is 0.0362. The van der Waals surface area contributed by atoms with Crippen molar-refractivity contribution >= 4 is 49.6 Å². The van der Waals surface area contributed by atoms with Crippen LogP contribution in [0.3, 0.4) is 0 Å². The number of aromatic amines is 1. The van der Waals surface area contributed by atoms with Gasteiger partial charge in [-0.1, -0.05) is 6.07 Å². The van der Waals surface area contributed by atoms with E-state index in [0.717, 1.165) is 32.4 Å². The molecule has 0 fully saturated rings. The van der Waals surface area contributed by atoms with E-state index >= 15 is 0 Å². The minimum Gasteiger partial charge on any atom is -0.350 e. The van der Waals surface area contributed by atoms with Crippen molar-refractivity contribution in [3.05, 3.63) is 53.0 Å². The second-order valence-corrected chi connectivity index (χ2v) is 6.84. The van der Waals surface area contributed by atoms with Crippen molar-refractivity contribution in [1.82, 2.24) is 19.5 Å². The average Bonchev–Trinajstić information content (AvgIpc) is 3.17. The van der Waals surface area contributed by atoms with Gasteiger partial charge in [0.05, 0.1) is 11.2 Å². The lowest BCUT2D eigenvalue weighted by Gasteiger charge is -2.06. The second kappa shape index (κ2) is 6.33. The molecule has 1 aromatic carbocycles. The Balaban J connectivity index is 1.46. The van der Waals surface area contributed by atoms with Crippen molar-refractivity contribution in [2.24, 2.45) is 7.05 Å². The zero-order chi connectivity index (χ0) is 17.4. The standard InChI is InChI=1S/C18H16BrN5O/c1-24-8-7-12-13(3-2-4-15(12)24)22-17(25)6-5-16-21-14-9-11(19)10-20-18(14)23-16/h2-4,7-10H,5-6H2,1H3,(H,22,25)(H,20,21,23). The number of H-pyrrole nitrogens is 1. The number of hydrogen-bond acceptors (Lipinski definition) is 3. The van der Waals surface area contributed by atoms with Crippen molar-refractivity contribution in [3.8, 4) is 0 Å². The maximum absolute atomic E-state index is 12.3. The highest BCUT2D eigenvalue weighted by atomic mass is 79.9. The van der Waals surface area contributed by atoms with Gasteiger partial charge in [-0.3, -0.25) is 4.79 Å². The monoisotopic (exact) mass is 397 g/mol. The molecule has 0 atom stereocenters. The third-order valence-electron chi connectivity index (χ3n) is 4.14. The molecule has 4 aromatic rings. The molecule has 3 heterocycles. The summed E-state index contributed by atoms with van der Waals surface area (Å²) in [5, 5.41) is 4.03. The summed E-state index contributed by atoms with van der Waals surface area (Å²) in [5.41, 5.74) is 3.44. The Morgan fingerprint density at radius 2 is 2.24 bits per heavy atom. The Morgan fingerprint density at radius 3 is 3.12 bits per heavy atom. The van der Waals surface area contributed by atoms with Gasteiger partial charge in [0.15, 0.2) is 5.65 Å². The maximum atomic E-state index is 12.3. The molecule has 0 bridgehead atoms. The van der Waals surface area contributed by atoms with E-state index in [1.807, 2.05) is 48.1 Å². The molecular formula is C18H16BrN5O. The van der Waals surface area contributed by atoms with E-state index in [9.17, 15) is 4.79 Å². The fourth-order valence-electron chi connectivity index (χ4n) is 2.90. The van der Waals surface area contributed by atoms with Gasteiger partial charge in [-0.2, -0.15) is 0 Å². The molecule has 0 aliphatic carbocycles. The number of fused-ring (bicyclic) bond motifs is 2. The second-order valence-electron chi connectivity index (χ2n) is 5.92. The summed E-state index contributed by atoms with van der Waals surface area (Å²) in [4.78, 5) is 24.2. The highest BCUT2D eigenvalue weighted by molar-refractivity contribution is 9.10. The summed E-state index contributed by atoms with van der Waals surface area (Å²) in [7, 11) is 1.99. The largest absolute Gasteiger partial charge is 0.350 e. The molecule has 0 unspecified atom stereocenters. The fourth-order valence-corrected chi connectivity index (χ4v) is 3.23. The first-order chi connectivity index (χ1) is 12.1. The van der Waals surface area contributed by atoms with Gasteiger partial charge in [0, 0.05) is 47.7 Å². The number of benzene rings is 1. The molecule has 25 heavy (non-hydrogen) atoms. The predicted octanol–water partition coefficient (Wildman–Crippen LogP) is 3.78. The molecule has 3 aromatic heterocycles. The Bertz CT molecular complexity index is 1080. The van der Waals surface area contributed by atoms with Crippen LogP contribution in [-0.2, 0) is 18.3 Å². The summed E-state index contributed by atoms with van der Waals surface area (Å²) in [6.45, 7) is 0. The number of halogens is 1. The average molecular weight is 398 g/mol. The SMILES string of the molecule is Cn1ccc2c(NC(=O)CCc3nc4ncc(Br)cc4[nH]3)cccc21. The lowest BCUT2D eigenvalue weighted by atomic mass is 10.2. The summed E-state index contributed by atoms with van der Waals surface area (Å²) >= 11 is 3.39. The molecule has 0 spiro atoms. The van der Waals surface area contributed by atoms with Gasteiger partial charge in [0.1, 0.15) is 5.82 Å². The third kappa shape index (κ3) is 3.15. The van der Waals surface area contributed by atoms with Crippen LogP contribution in [0.1, 0.15) is 12.2 Å². The van der Waals surface area contributed by atoms with Crippen LogP contribution in [-0.4, -0.2) is 25.4 Å². The number of anilines is 1. The van der Waals surface area contributed by atoms with E-state index in [-0.39, 0.29) is 5.91 Å². The van der Waals surface area contributed by atoms with E-state index in [1.54, 1.807) is 6.20 Å². The molecule has 0 aliphatic rings. The molecule has 0 saturated heterocycles. The quantitative estimate of drug-likeness (QED) is 0.549. The zero-order valence-corrected chi connectivity index (χ0v) is 15.2. The van der Waals surface area contributed by atoms with Gasteiger partial charge in [-0.25, -0.2) is 9.97 Å². The molecule has 1 amide bonds. The van der Waals surface area contributed by atoms with Crippen LogP contribution in [0.4, 0.5) is 5.69 Å². The first-order valence-electron chi connectivity index (χ1n) is 7.94. The zero-order valence-electron chi connectivity index (χ0n) is 13.6. The van der Waals surface area contributed by atoms with E-state index < -0.39 is 0 Å². The number of nitrogens with zero attached hydrogens (tertiary/aromatic N) is 3. The Kier molecular flexibility index (Phi) is 4.01. The van der Waals surface area contributed by atoms with Crippen LogP contribution in [0.2, 0.25) is 0 Å².